The van der Waals surface area contributed by atoms with E-state index in [4.69, 9.17) is 11.6 Å². The van der Waals surface area contributed by atoms with Gasteiger partial charge in [-0.05, 0) is 62.7 Å². The first kappa shape index (κ1) is 19.4. The molecule has 2 N–H and O–H groups in total. The highest BCUT2D eigenvalue weighted by atomic mass is 35.5. The zero-order chi connectivity index (χ0) is 18.6. The number of hydrogen-bond donors (Lipinski definition) is 2. The first-order valence-electron chi connectivity index (χ1n) is 7.88. The average molecular weight is 381 g/mol. The van der Waals surface area contributed by atoms with Gasteiger partial charge in [-0.3, -0.25) is 4.79 Å². The Morgan fingerprint density at radius 1 is 0.960 bits per heavy atom. The van der Waals surface area contributed by atoms with Crippen molar-refractivity contribution in [3.05, 3.63) is 64.7 Å². The van der Waals surface area contributed by atoms with E-state index in [2.05, 4.69) is 10.0 Å². The summed E-state index contributed by atoms with van der Waals surface area (Å²) in [5.41, 5.74) is 1.32. The molecule has 0 fully saturated rings. The molecule has 1 unspecified atom stereocenters. The normalized spacial score (nSPS) is 12.8. The number of amides is 1. The predicted octanol–water partition coefficient (Wildman–Crippen LogP) is 3.52. The zero-order valence-electron chi connectivity index (χ0n) is 14.3. The Labute approximate surface area is 153 Å². The molecule has 0 heterocycles. The summed E-state index contributed by atoms with van der Waals surface area (Å²) in [6.45, 7) is 5.36. The monoisotopic (exact) mass is 380 g/mol. The van der Waals surface area contributed by atoms with Gasteiger partial charge in [0.2, 0.25) is 10.0 Å². The maximum Gasteiger partial charge on any atom is 0.251 e. The van der Waals surface area contributed by atoms with Crippen molar-refractivity contribution in [3.8, 4) is 0 Å². The van der Waals surface area contributed by atoms with Crippen molar-refractivity contribution in [2.24, 2.45) is 0 Å². The fraction of sp³-hybridized carbons (Fsp3) is 0.278. The quantitative estimate of drug-likeness (QED) is 0.805. The molecule has 2 aromatic rings. The number of halogens is 1. The van der Waals surface area contributed by atoms with E-state index in [9.17, 15) is 13.2 Å². The molecule has 2 aromatic carbocycles. The second-order valence-corrected chi connectivity index (χ2v) is 8.20. The summed E-state index contributed by atoms with van der Waals surface area (Å²) in [5.74, 6) is -0.275. The fourth-order valence-corrected chi connectivity index (χ4v) is 3.66. The minimum atomic E-state index is -3.57. The Kier molecular flexibility index (Phi) is 6.21. The minimum absolute atomic E-state index is 0.128. The SMILES string of the molecule is CC(C)NS(=O)(=O)c1ccc(C(=O)NC(C)c2ccc(Cl)cc2)cc1. The first-order chi connectivity index (χ1) is 11.7. The lowest BCUT2D eigenvalue weighted by molar-refractivity contribution is 0.0940. The molecule has 0 spiro atoms. The van der Waals surface area contributed by atoms with Crippen molar-refractivity contribution in [1.82, 2.24) is 10.0 Å². The van der Waals surface area contributed by atoms with Gasteiger partial charge in [-0.25, -0.2) is 13.1 Å². The van der Waals surface area contributed by atoms with Crippen molar-refractivity contribution >= 4 is 27.5 Å². The molecule has 1 atom stereocenters. The standard InChI is InChI=1S/C18H21ClN2O3S/c1-12(2)21-25(23,24)17-10-6-15(7-11-17)18(22)20-13(3)14-4-8-16(19)9-5-14/h4-13,21H,1-3H3,(H,20,22). The highest BCUT2D eigenvalue weighted by Crippen LogP contribution is 2.17. The van der Waals surface area contributed by atoms with Crippen LogP contribution in [0.1, 0.15) is 42.7 Å². The summed E-state index contributed by atoms with van der Waals surface area (Å²) in [7, 11) is -3.57. The third kappa shape index (κ3) is 5.29. The van der Waals surface area contributed by atoms with Crippen LogP contribution in [0.15, 0.2) is 53.4 Å². The molecule has 7 heteroatoms. The van der Waals surface area contributed by atoms with Gasteiger partial charge in [-0.15, -0.1) is 0 Å². The smallest absolute Gasteiger partial charge is 0.251 e. The summed E-state index contributed by atoms with van der Waals surface area (Å²) < 4.78 is 26.7. The van der Waals surface area contributed by atoms with Crippen molar-refractivity contribution < 1.29 is 13.2 Å². The third-order valence-corrected chi connectivity index (χ3v) is 5.46. The van der Waals surface area contributed by atoms with Crippen LogP contribution in [0.4, 0.5) is 0 Å². The Hall–Kier alpha value is -1.89. The molecule has 0 aliphatic rings. The van der Waals surface area contributed by atoms with Gasteiger partial charge in [-0.2, -0.15) is 0 Å². The maximum absolute atomic E-state index is 12.3. The maximum atomic E-state index is 12.3. The molecule has 0 saturated heterocycles. The third-order valence-electron chi connectivity index (χ3n) is 3.54. The molecule has 1 amide bonds. The van der Waals surface area contributed by atoms with Gasteiger partial charge in [0.1, 0.15) is 0 Å². The molecule has 0 aromatic heterocycles. The average Bonchev–Trinajstić information content (AvgIpc) is 2.54. The van der Waals surface area contributed by atoms with E-state index in [0.717, 1.165) is 5.56 Å². The Morgan fingerprint density at radius 3 is 2.04 bits per heavy atom. The molecule has 2 rings (SSSR count). The summed E-state index contributed by atoms with van der Waals surface area (Å²) in [5, 5.41) is 3.51. The minimum Gasteiger partial charge on any atom is -0.346 e. The molecule has 0 radical (unpaired) electrons. The Bertz CT molecular complexity index is 832. The lowest BCUT2D eigenvalue weighted by Crippen LogP contribution is -2.30. The topological polar surface area (TPSA) is 75.3 Å². The largest absolute Gasteiger partial charge is 0.346 e. The molecule has 0 saturated carbocycles. The van der Waals surface area contributed by atoms with Gasteiger partial charge >= 0.3 is 0 Å². The predicted molar refractivity (Wildman–Crippen MR) is 99.2 cm³/mol. The number of nitrogens with one attached hydrogen (secondary N) is 2. The first-order valence-corrected chi connectivity index (χ1v) is 9.74. The number of sulfonamides is 1. The molecular weight excluding hydrogens is 360 g/mol. The number of rotatable bonds is 6. The van der Waals surface area contributed by atoms with E-state index in [1.54, 1.807) is 26.0 Å². The number of benzene rings is 2. The highest BCUT2D eigenvalue weighted by molar-refractivity contribution is 7.89. The van der Waals surface area contributed by atoms with E-state index in [-0.39, 0.29) is 22.9 Å². The van der Waals surface area contributed by atoms with Crippen molar-refractivity contribution in [2.45, 2.75) is 37.8 Å². The van der Waals surface area contributed by atoms with Crippen LogP contribution in [0.2, 0.25) is 5.02 Å². The van der Waals surface area contributed by atoms with E-state index >= 15 is 0 Å². The van der Waals surface area contributed by atoms with Gasteiger partial charge in [0.25, 0.3) is 5.91 Å². The number of carbonyl (C=O) groups excluding carboxylic acids is 1. The highest BCUT2D eigenvalue weighted by Gasteiger charge is 2.17. The molecule has 0 bridgehead atoms. The van der Waals surface area contributed by atoms with Gasteiger partial charge < -0.3 is 5.32 Å². The van der Waals surface area contributed by atoms with Crippen LogP contribution in [0.25, 0.3) is 0 Å². The molecule has 134 valence electrons. The molecular formula is C18H21ClN2O3S. The lowest BCUT2D eigenvalue weighted by atomic mass is 10.1. The molecule has 25 heavy (non-hydrogen) atoms. The van der Waals surface area contributed by atoms with Crippen LogP contribution < -0.4 is 10.0 Å². The van der Waals surface area contributed by atoms with Crippen molar-refractivity contribution in [3.63, 3.8) is 0 Å². The molecule has 5 nitrogen and oxygen atoms in total. The van der Waals surface area contributed by atoms with E-state index in [1.807, 2.05) is 19.1 Å². The van der Waals surface area contributed by atoms with Gasteiger partial charge in [0.05, 0.1) is 10.9 Å². The van der Waals surface area contributed by atoms with Crippen LogP contribution in [0.3, 0.4) is 0 Å². The Morgan fingerprint density at radius 2 is 1.52 bits per heavy atom. The second kappa shape index (κ2) is 7.99. The van der Waals surface area contributed by atoms with Crippen LogP contribution in [0.5, 0.6) is 0 Å². The van der Waals surface area contributed by atoms with Gasteiger partial charge in [-0.1, -0.05) is 23.7 Å². The van der Waals surface area contributed by atoms with E-state index in [0.29, 0.717) is 10.6 Å². The number of carbonyl (C=O) groups is 1. The van der Waals surface area contributed by atoms with Gasteiger partial charge in [0.15, 0.2) is 0 Å². The Balaban J connectivity index is 2.09. The zero-order valence-corrected chi connectivity index (χ0v) is 15.9. The molecule has 0 aliphatic heterocycles. The molecule has 0 aliphatic carbocycles. The van der Waals surface area contributed by atoms with E-state index < -0.39 is 10.0 Å². The van der Waals surface area contributed by atoms with Crippen LogP contribution in [-0.4, -0.2) is 20.4 Å². The fourth-order valence-electron chi connectivity index (χ4n) is 2.28. The van der Waals surface area contributed by atoms with E-state index in [1.165, 1.54) is 24.3 Å². The summed E-state index contributed by atoms with van der Waals surface area (Å²) in [6, 6.07) is 12.7. The van der Waals surface area contributed by atoms with Crippen LogP contribution in [-0.2, 0) is 10.0 Å². The summed E-state index contributed by atoms with van der Waals surface area (Å²) in [6.07, 6.45) is 0. The summed E-state index contributed by atoms with van der Waals surface area (Å²) in [4.78, 5) is 12.5. The van der Waals surface area contributed by atoms with Crippen LogP contribution in [0, 0.1) is 0 Å². The van der Waals surface area contributed by atoms with Gasteiger partial charge in [0, 0.05) is 16.6 Å². The number of hydrogen-bond acceptors (Lipinski definition) is 3. The van der Waals surface area contributed by atoms with Crippen molar-refractivity contribution in [2.75, 3.05) is 0 Å². The lowest BCUT2D eigenvalue weighted by Gasteiger charge is -2.15. The van der Waals surface area contributed by atoms with Crippen molar-refractivity contribution in [1.29, 1.82) is 0 Å². The van der Waals surface area contributed by atoms with Crippen LogP contribution >= 0.6 is 11.6 Å². The summed E-state index contributed by atoms with van der Waals surface area (Å²) >= 11 is 5.86. The second-order valence-electron chi connectivity index (χ2n) is 6.05.